The molecule has 1 aliphatic carbocycles. The second-order valence-corrected chi connectivity index (χ2v) is 6.84. The van der Waals surface area contributed by atoms with Gasteiger partial charge < -0.3 is 15.4 Å². The minimum absolute atomic E-state index is 0.106. The van der Waals surface area contributed by atoms with E-state index >= 15 is 0 Å². The molecule has 0 spiro atoms. The molecule has 0 heterocycles. The molecule has 5 nitrogen and oxygen atoms in total. The molecule has 2 rings (SSSR count). The van der Waals surface area contributed by atoms with Crippen LogP contribution in [0.15, 0.2) is 18.2 Å². The SMILES string of the molecule is COc1ccc(C(=O)C2CCCCC2)cc1NC(=O)NCC(C)C. The highest BCUT2D eigenvalue weighted by molar-refractivity contribution is 6.00. The number of nitrogens with one attached hydrogen (secondary N) is 2. The molecule has 0 bridgehead atoms. The van der Waals surface area contributed by atoms with E-state index in [0.717, 1.165) is 25.7 Å². The van der Waals surface area contributed by atoms with E-state index in [2.05, 4.69) is 10.6 Å². The van der Waals surface area contributed by atoms with E-state index in [0.29, 0.717) is 29.5 Å². The third-order valence-electron chi connectivity index (χ3n) is 4.38. The number of methoxy groups -OCH3 is 1. The predicted octanol–water partition coefficient (Wildman–Crippen LogP) is 4.24. The first kappa shape index (κ1) is 18.3. The zero-order chi connectivity index (χ0) is 17.5. The third kappa shape index (κ3) is 4.98. The van der Waals surface area contributed by atoms with Gasteiger partial charge in [-0.25, -0.2) is 4.79 Å². The van der Waals surface area contributed by atoms with Crippen LogP contribution >= 0.6 is 0 Å². The van der Waals surface area contributed by atoms with E-state index in [1.54, 1.807) is 25.3 Å². The summed E-state index contributed by atoms with van der Waals surface area (Å²) in [5, 5.41) is 5.59. The molecule has 5 heteroatoms. The summed E-state index contributed by atoms with van der Waals surface area (Å²) in [5.41, 5.74) is 1.17. The molecule has 0 atom stereocenters. The van der Waals surface area contributed by atoms with Gasteiger partial charge in [-0.2, -0.15) is 0 Å². The number of ketones is 1. The molecule has 1 aliphatic rings. The van der Waals surface area contributed by atoms with Crippen molar-refractivity contribution in [3.8, 4) is 5.75 Å². The van der Waals surface area contributed by atoms with Crippen molar-refractivity contribution in [2.45, 2.75) is 46.0 Å². The van der Waals surface area contributed by atoms with Gasteiger partial charge in [0.25, 0.3) is 0 Å². The number of benzene rings is 1. The lowest BCUT2D eigenvalue weighted by Crippen LogP contribution is -2.31. The maximum atomic E-state index is 12.7. The van der Waals surface area contributed by atoms with Crippen molar-refractivity contribution < 1.29 is 14.3 Å². The maximum Gasteiger partial charge on any atom is 0.319 e. The molecular formula is C19H28N2O3. The van der Waals surface area contributed by atoms with E-state index in [1.807, 2.05) is 13.8 Å². The molecule has 0 saturated heterocycles. The highest BCUT2D eigenvalue weighted by Gasteiger charge is 2.23. The van der Waals surface area contributed by atoms with Crippen molar-refractivity contribution in [3.05, 3.63) is 23.8 Å². The van der Waals surface area contributed by atoms with E-state index in [-0.39, 0.29) is 17.7 Å². The van der Waals surface area contributed by atoms with Gasteiger partial charge >= 0.3 is 6.03 Å². The fraction of sp³-hybridized carbons (Fsp3) is 0.579. The zero-order valence-electron chi connectivity index (χ0n) is 14.9. The van der Waals surface area contributed by atoms with Crippen LogP contribution in [-0.2, 0) is 0 Å². The van der Waals surface area contributed by atoms with Crippen molar-refractivity contribution in [2.24, 2.45) is 11.8 Å². The Balaban J connectivity index is 2.11. The van der Waals surface area contributed by atoms with Crippen LogP contribution in [0.1, 0.15) is 56.3 Å². The summed E-state index contributed by atoms with van der Waals surface area (Å²) >= 11 is 0. The Morgan fingerprint density at radius 2 is 1.92 bits per heavy atom. The van der Waals surface area contributed by atoms with Gasteiger partial charge in [-0.15, -0.1) is 0 Å². The largest absolute Gasteiger partial charge is 0.495 e. The summed E-state index contributed by atoms with van der Waals surface area (Å²) in [7, 11) is 1.55. The minimum Gasteiger partial charge on any atom is -0.495 e. The Labute approximate surface area is 144 Å². The van der Waals surface area contributed by atoms with E-state index in [9.17, 15) is 9.59 Å². The molecule has 2 N–H and O–H groups in total. The molecular weight excluding hydrogens is 304 g/mol. The van der Waals surface area contributed by atoms with Crippen LogP contribution < -0.4 is 15.4 Å². The number of carbonyl (C=O) groups is 2. The lowest BCUT2D eigenvalue weighted by molar-refractivity contribution is 0.0889. The summed E-state index contributed by atoms with van der Waals surface area (Å²) in [6.07, 6.45) is 5.38. The van der Waals surface area contributed by atoms with Gasteiger partial charge in [0, 0.05) is 18.0 Å². The highest BCUT2D eigenvalue weighted by atomic mass is 16.5. The fourth-order valence-electron chi connectivity index (χ4n) is 3.02. The number of ether oxygens (including phenoxy) is 1. The number of amides is 2. The molecule has 24 heavy (non-hydrogen) atoms. The average molecular weight is 332 g/mol. The minimum atomic E-state index is -0.288. The maximum absolute atomic E-state index is 12.7. The number of Topliss-reactive ketones (excluding diaryl/α,β-unsaturated/α-hetero) is 1. The Morgan fingerprint density at radius 3 is 2.54 bits per heavy atom. The number of anilines is 1. The second-order valence-electron chi connectivity index (χ2n) is 6.84. The number of rotatable bonds is 6. The standard InChI is InChI=1S/C19H28N2O3/c1-13(2)12-20-19(23)21-16-11-15(9-10-17(16)24-3)18(22)14-7-5-4-6-8-14/h9-11,13-14H,4-8,12H2,1-3H3,(H2,20,21,23). The first-order valence-corrected chi connectivity index (χ1v) is 8.78. The first-order valence-electron chi connectivity index (χ1n) is 8.78. The molecule has 0 unspecified atom stereocenters. The third-order valence-corrected chi connectivity index (χ3v) is 4.38. The first-order chi connectivity index (χ1) is 11.5. The van der Waals surface area contributed by atoms with Crippen molar-refractivity contribution in [1.82, 2.24) is 5.32 Å². The van der Waals surface area contributed by atoms with Gasteiger partial charge in [0.2, 0.25) is 0 Å². The number of carbonyl (C=O) groups excluding carboxylic acids is 2. The van der Waals surface area contributed by atoms with Gasteiger partial charge in [0.15, 0.2) is 5.78 Å². The Bertz CT molecular complexity index is 578. The van der Waals surface area contributed by atoms with Gasteiger partial charge in [-0.1, -0.05) is 33.1 Å². The molecule has 1 saturated carbocycles. The van der Waals surface area contributed by atoms with Crippen LogP contribution in [0.25, 0.3) is 0 Å². The topological polar surface area (TPSA) is 67.4 Å². The normalized spacial score (nSPS) is 15.2. The van der Waals surface area contributed by atoms with Crippen LogP contribution in [0.4, 0.5) is 10.5 Å². The summed E-state index contributed by atoms with van der Waals surface area (Å²) in [4.78, 5) is 24.7. The monoisotopic (exact) mass is 332 g/mol. The van der Waals surface area contributed by atoms with Crippen LogP contribution in [0, 0.1) is 11.8 Å². The fourth-order valence-corrected chi connectivity index (χ4v) is 3.02. The number of hydrogen-bond donors (Lipinski definition) is 2. The smallest absolute Gasteiger partial charge is 0.319 e. The van der Waals surface area contributed by atoms with Crippen LogP contribution in [0.5, 0.6) is 5.75 Å². The summed E-state index contributed by atoms with van der Waals surface area (Å²) < 4.78 is 5.30. The average Bonchev–Trinajstić information content (AvgIpc) is 2.60. The van der Waals surface area contributed by atoms with Gasteiger partial charge in [0.05, 0.1) is 12.8 Å². The molecule has 0 aliphatic heterocycles. The summed E-state index contributed by atoms with van der Waals surface area (Å²) in [6.45, 7) is 4.66. The van der Waals surface area contributed by atoms with Crippen molar-refractivity contribution in [3.63, 3.8) is 0 Å². The predicted molar refractivity (Wildman–Crippen MR) is 95.8 cm³/mol. The quantitative estimate of drug-likeness (QED) is 0.766. The van der Waals surface area contributed by atoms with Gasteiger partial charge in [0.1, 0.15) is 5.75 Å². The lowest BCUT2D eigenvalue weighted by Gasteiger charge is -2.21. The molecule has 1 aromatic rings. The van der Waals surface area contributed by atoms with Crippen LogP contribution in [0.2, 0.25) is 0 Å². The summed E-state index contributed by atoms with van der Waals surface area (Å²) in [5.74, 6) is 1.20. The van der Waals surface area contributed by atoms with E-state index in [4.69, 9.17) is 4.74 Å². The summed E-state index contributed by atoms with van der Waals surface area (Å²) in [6, 6.07) is 4.97. The Hall–Kier alpha value is -2.04. The lowest BCUT2D eigenvalue weighted by atomic mass is 9.84. The molecule has 0 radical (unpaired) electrons. The second kappa shape index (κ2) is 8.71. The van der Waals surface area contributed by atoms with Crippen molar-refractivity contribution in [2.75, 3.05) is 19.0 Å². The molecule has 1 fully saturated rings. The highest BCUT2D eigenvalue weighted by Crippen LogP contribution is 2.30. The van der Waals surface area contributed by atoms with Crippen LogP contribution in [-0.4, -0.2) is 25.5 Å². The van der Waals surface area contributed by atoms with Crippen molar-refractivity contribution >= 4 is 17.5 Å². The van der Waals surface area contributed by atoms with E-state index in [1.165, 1.54) is 6.42 Å². The molecule has 0 aromatic heterocycles. The van der Waals surface area contributed by atoms with Crippen LogP contribution in [0.3, 0.4) is 0 Å². The Morgan fingerprint density at radius 1 is 1.21 bits per heavy atom. The Kier molecular flexibility index (Phi) is 6.64. The van der Waals surface area contributed by atoms with Gasteiger partial charge in [-0.05, 0) is 37.0 Å². The zero-order valence-corrected chi connectivity index (χ0v) is 14.9. The van der Waals surface area contributed by atoms with E-state index < -0.39 is 0 Å². The number of hydrogen-bond acceptors (Lipinski definition) is 3. The molecule has 2 amide bonds. The molecule has 1 aromatic carbocycles. The van der Waals surface area contributed by atoms with Gasteiger partial charge in [-0.3, -0.25) is 4.79 Å². The number of urea groups is 1. The molecule has 132 valence electrons. The van der Waals surface area contributed by atoms with Crippen molar-refractivity contribution in [1.29, 1.82) is 0 Å².